The second kappa shape index (κ2) is 9.83. The summed E-state index contributed by atoms with van der Waals surface area (Å²) in [6.45, 7) is 4.15. The summed E-state index contributed by atoms with van der Waals surface area (Å²) in [5, 5.41) is 3.57. The number of anilines is 1. The summed E-state index contributed by atoms with van der Waals surface area (Å²) >= 11 is 6.13. The Hall–Kier alpha value is -3.06. The SMILES string of the molecule is CCc1nc2ccc(Cl)cn2c1C(=O)NCc1ccc(N2CCC(C(=O)N(C)C)CC2)cc1. The molecule has 0 atom stereocenters. The number of rotatable bonds is 6. The number of carbonyl (C=O) groups is 2. The van der Waals surface area contributed by atoms with E-state index < -0.39 is 0 Å². The third-order valence-electron chi connectivity index (χ3n) is 6.24. The number of carbonyl (C=O) groups excluding carboxylic acids is 2. The van der Waals surface area contributed by atoms with Crippen LogP contribution in [0.2, 0.25) is 5.02 Å². The van der Waals surface area contributed by atoms with Crippen molar-refractivity contribution in [3.63, 3.8) is 0 Å². The number of amides is 2. The third-order valence-corrected chi connectivity index (χ3v) is 6.47. The van der Waals surface area contributed by atoms with Gasteiger partial charge in [-0.2, -0.15) is 0 Å². The molecule has 3 heterocycles. The molecule has 1 aliphatic heterocycles. The van der Waals surface area contributed by atoms with E-state index in [0.29, 0.717) is 29.3 Å². The Kier molecular flexibility index (Phi) is 6.88. The van der Waals surface area contributed by atoms with Crippen molar-refractivity contribution in [2.24, 2.45) is 5.92 Å². The molecule has 0 aliphatic carbocycles. The summed E-state index contributed by atoms with van der Waals surface area (Å²) < 4.78 is 1.75. The maximum Gasteiger partial charge on any atom is 0.270 e. The van der Waals surface area contributed by atoms with E-state index >= 15 is 0 Å². The molecule has 1 aliphatic rings. The maximum absolute atomic E-state index is 13.0. The van der Waals surface area contributed by atoms with E-state index in [4.69, 9.17) is 11.6 Å². The van der Waals surface area contributed by atoms with E-state index in [1.54, 1.807) is 21.6 Å². The summed E-state index contributed by atoms with van der Waals surface area (Å²) in [6.07, 6.45) is 4.13. The second-order valence-corrected chi connectivity index (χ2v) is 9.12. The van der Waals surface area contributed by atoms with Gasteiger partial charge in [0.15, 0.2) is 0 Å². The highest BCUT2D eigenvalue weighted by molar-refractivity contribution is 6.30. The number of imidazole rings is 1. The zero-order valence-corrected chi connectivity index (χ0v) is 20.1. The minimum atomic E-state index is -0.168. The molecule has 1 fully saturated rings. The lowest BCUT2D eigenvalue weighted by Crippen LogP contribution is -2.40. The molecule has 8 heteroatoms. The number of benzene rings is 1. The van der Waals surface area contributed by atoms with E-state index in [0.717, 1.165) is 42.9 Å². The maximum atomic E-state index is 13.0. The van der Waals surface area contributed by atoms with Gasteiger partial charge in [0.05, 0.1) is 10.7 Å². The number of halogens is 1. The van der Waals surface area contributed by atoms with Crippen molar-refractivity contribution in [2.75, 3.05) is 32.1 Å². The number of aryl methyl sites for hydroxylation is 1. The molecule has 0 unspecified atom stereocenters. The minimum absolute atomic E-state index is 0.119. The Labute approximate surface area is 199 Å². The van der Waals surface area contributed by atoms with Crippen LogP contribution in [0.25, 0.3) is 5.65 Å². The standard InChI is InChI=1S/C25H30ClN5O2/c1-4-21-23(31-16-19(26)7-10-22(31)28-21)24(32)27-15-17-5-8-20(9-6-17)30-13-11-18(12-14-30)25(33)29(2)3/h5-10,16,18H,4,11-15H2,1-3H3,(H,27,32). The van der Waals surface area contributed by atoms with E-state index in [1.807, 2.05) is 39.2 Å². The Morgan fingerprint density at radius 2 is 1.82 bits per heavy atom. The zero-order chi connectivity index (χ0) is 23.5. The molecule has 0 radical (unpaired) electrons. The molecular weight excluding hydrogens is 438 g/mol. The average Bonchev–Trinajstić information content (AvgIpc) is 3.20. The first-order chi connectivity index (χ1) is 15.9. The van der Waals surface area contributed by atoms with Crippen LogP contribution < -0.4 is 10.2 Å². The van der Waals surface area contributed by atoms with Crippen molar-refractivity contribution >= 4 is 34.7 Å². The first-order valence-electron chi connectivity index (χ1n) is 11.4. The van der Waals surface area contributed by atoms with Crippen molar-refractivity contribution in [1.82, 2.24) is 19.6 Å². The predicted molar refractivity (Wildman–Crippen MR) is 131 cm³/mol. The summed E-state index contributed by atoms with van der Waals surface area (Å²) in [4.78, 5) is 33.7. The molecule has 0 spiro atoms. The highest BCUT2D eigenvalue weighted by atomic mass is 35.5. The van der Waals surface area contributed by atoms with Crippen LogP contribution in [0, 0.1) is 5.92 Å². The van der Waals surface area contributed by atoms with Crippen LogP contribution in [0.4, 0.5) is 5.69 Å². The number of fused-ring (bicyclic) bond motifs is 1. The Morgan fingerprint density at radius 1 is 1.12 bits per heavy atom. The molecule has 2 aromatic heterocycles. The van der Waals surface area contributed by atoms with Crippen molar-refractivity contribution < 1.29 is 9.59 Å². The summed E-state index contributed by atoms with van der Waals surface area (Å²) in [7, 11) is 3.64. The van der Waals surface area contributed by atoms with Gasteiger partial charge in [0.2, 0.25) is 5.91 Å². The lowest BCUT2D eigenvalue weighted by atomic mass is 9.95. The molecule has 1 aromatic carbocycles. The second-order valence-electron chi connectivity index (χ2n) is 8.68. The van der Waals surface area contributed by atoms with Crippen molar-refractivity contribution in [3.8, 4) is 0 Å². The van der Waals surface area contributed by atoms with Crippen molar-refractivity contribution in [1.29, 1.82) is 0 Å². The molecule has 7 nitrogen and oxygen atoms in total. The lowest BCUT2D eigenvalue weighted by Gasteiger charge is -2.34. The van der Waals surface area contributed by atoms with E-state index in [2.05, 4.69) is 27.3 Å². The lowest BCUT2D eigenvalue weighted by molar-refractivity contribution is -0.133. The zero-order valence-electron chi connectivity index (χ0n) is 19.3. The molecule has 1 N–H and O–H groups in total. The number of hydrogen-bond acceptors (Lipinski definition) is 4. The fraction of sp³-hybridized carbons (Fsp3) is 0.400. The number of nitrogens with zero attached hydrogens (tertiary/aromatic N) is 4. The van der Waals surface area contributed by atoms with Crippen LogP contribution in [0.5, 0.6) is 0 Å². The summed E-state index contributed by atoms with van der Waals surface area (Å²) in [6, 6.07) is 11.8. The Morgan fingerprint density at radius 3 is 2.45 bits per heavy atom. The Balaban J connectivity index is 1.38. The van der Waals surface area contributed by atoms with Gasteiger partial charge in [0.1, 0.15) is 11.3 Å². The molecule has 2 amide bonds. The molecule has 4 rings (SSSR count). The van der Waals surface area contributed by atoms with E-state index in [-0.39, 0.29) is 17.7 Å². The monoisotopic (exact) mass is 467 g/mol. The van der Waals surface area contributed by atoms with Crippen LogP contribution in [0.3, 0.4) is 0 Å². The highest BCUT2D eigenvalue weighted by Crippen LogP contribution is 2.25. The largest absolute Gasteiger partial charge is 0.371 e. The topological polar surface area (TPSA) is 70.0 Å². The van der Waals surface area contributed by atoms with Crippen LogP contribution in [-0.4, -0.2) is 53.3 Å². The molecule has 33 heavy (non-hydrogen) atoms. The minimum Gasteiger partial charge on any atom is -0.371 e. The normalized spacial score (nSPS) is 14.5. The van der Waals surface area contributed by atoms with Gasteiger partial charge in [-0.05, 0) is 49.1 Å². The van der Waals surface area contributed by atoms with Gasteiger partial charge in [0, 0.05) is 51.5 Å². The van der Waals surface area contributed by atoms with E-state index in [9.17, 15) is 9.59 Å². The van der Waals surface area contributed by atoms with Crippen LogP contribution in [0.1, 0.15) is 41.5 Å². The van der Waals surface area contributed by atoms with Gasteiger partial charge in [-0.15, -0.1) is 0 Å². The van der Waals surface area contributed by atoms with Crippen molar-refractivity contribution in [2.45, 2.75) is 32.7 Å². The van der Waals surface area contributed by atoms with Gasteiger partial charge >= 0.3 is 0 Å². The van der Waals surface area contributed by atoms with Crippen LogP contribution >= 0.6 is 11.6 Å². The fourth-order valence-electron chi connectivity index (χ4n) is 4.39. The quantitative estimate of drug-likeness (QED) is 0.599. The van der Waals surface area contributed by atoms with Gasteiger partial charge < -0.3 is 15.1 Å². The first-order valence-corrected chi connectivity index (χ1v) is 11.7. The third kappa shape index (κ3) is 4.98. The number of hydrogen-bond donors (Lipinski definition) is 1. The summed E-state index contributed by atoms with van der Waals surface area (Å²) in [5.74, 6) is 0.173. The number of piperidine rings is 1. The highest BCUT2D eigenvalue weighted by Gasteiger charge is 2.26. The number of nitrogens with one attached hydrogen (secondary N) is 1. The molecule has 0 saturated carbocycles. The number of pyridine rings is 1. The predicted octanol–water partition coefficient (Wildman–Crippen LogP) is 3.78. The Bertz CT molecular complexity index is 1150. The summed E-state index contributed by atoms with van der Waals surface area (Å²) in [5.41, 5.74) is 4.16. The molecule has 174 valence electrons. The fourth-order valence-corrected chi connectivity index (χ4v) is 4.56. The van der Waals surface area contributed by atoms with Gasteiger partial charge in [-0.3, -0.25) is 14.0 Å². The first kappa shape index (κ1) is 23.1. The van der Waals surface area contributed by atoms with Gasteiger partial charge in [-0.1, -0.05) is 30.7 Å². The average molecular weight is 468 g/mol. The van der Waals surface area contributed by atoms with Crippen LogP contribution in [-0.2, 0) is 17.8 Å². The number of aromatic nitrogens is 2. The van der Waals surface area contributed by atoms with Crippen LogP contribution in [0.15, 0.2) is 42.6 Å². The van der Waals surface area contributed by atoms with Gasteiger partial charge in [-0.25, -0.2) is 4.98 Å². The smallest absolute Gasteiger partial charge is 0.270 e. The molecular formula is C25H30ClN5O2. The van der Waals surface area contributed by atoms with Gasteiger partial charge in [0.25, 0.3) is 5.91 Å². The van der Waals surface area contributed by atoms with E-state index in [1.165, 1.54) is 0 Å². The molecule has 1 saturated heterocycles. The molecule has 0 bridgehead atoms. The van der Waals surface area contributed by atoms with Crippen molar-refractivity contribution in [3.05, 3.63) is 64.6 Å². The molecule has 3 aromatic rings.